The molecule has 0 atom stereocenters. The number of rotatable bonds is 20. The molecule has 0 saturated heterocycles. The molecule has 0 radical (unpaired) electrons. The lowest BCUT2D eigenvalue weighted by Crippen LogP contribution is -2.05. The first-order valence-corrected chi connectivity index (χ1v) is 19.5. The molecule has 7 nitrogen and oxygen atoms in total. The SMILES string of the molecule is Fc1ccc(N=Cc2ccc(OCCCCOc3ccc(C=Nc4ccc(Cl)cc4)cc3)cc2OCCCCOc2ccc(C=Nc3ccc(Cl)cc3)cc2)cc1. The van der Waals surface area contributed by atoms with Gasteiger partial charge >= 0.3 is 0 Å². The van der Waals surface area contributed by atoms with Gasteiger partial charge in [0.2, 0.25) is 0 Å². The molecule has 0 saturated carbocycles. The zero-order valence-electron chi connectivity index (χ0n) is 31.3. The Kier molecular flexibility index (Phi) is 15.7. The van der Waals surface area contributed by atoms with Gasteiger partial charge in [0.05, 0.1) is 43.5 Å². The fourth-order valence-corrected chi connectivity index (χ4v) is 5.57. The van der Waals surface area contributed by atoms with E-state index in [1.807, 2.05) is 128 Å². The largest absolute Gasteiger partial charge is 0.494 e. The summed E-state index contributed by atoms with van der Waals surface area (Å²) in [5, 5.41) is 1.37. The van der Waals surface area contributed by atoms with E-state index in [0.29, 0.717) is 53.7 Å². The maximum atomic E-state index is 13.4. The predicted octanol–water partition coefficient (Wildman–Crippen LogP) is 12.9. The smallest absolute Gasteiger partial charge is 0.131 e. The van der Waals surface area contributed by atoms with Crippen LogP contribution in [0.1, 0.15) is 42.4 Å². The van der Waals surface area contributed by atoms with Crippen molar-refractivity contribution in [3.63, 3.8) is 0 Å². The van der Waals surface area contributed by atoms with Crippen molar-refractivity contribution < 1.29 is 23.3 Å². The summed E-state index contributed by atoms with van der Waals surface area (Å²) in [4.78, 5) is 13.5. The van der Waals surface area contributed by atoms with Crippen LogP contribution in [0.3, 0.4) is 0 Å². The number of unbranched alkanes of at least 4 members (excludes halogenated alkanes) is 2. The molecular weight excluding hydrogens is 760 g/mol. The number of hydrogen-bond donors (Lipinski definition) is 0. The number of aliphatic imine (C=N–C) groups is 3. The van der Waals surface area contributed by atoms with Crippen molar-refractivity contribution in [2.24, 2.45) is 15.0 Å². The van der Waals surface area contributed by atoms with Crippen molar-refractivity contribution in [3.8, 4) is 23.0 Å². The van der Waals surface area contributed by atoms with Crippen LogP contribution in [0, 0.1) is 5.82 Å². The van der Waals surface area contributed by atoms with Gasteiger partial charge in [0.15, 0.2) is 0 Å². The van der Waals surface area contributed by atoms with Crippen LogP contribution in [0.2, 0.25) is 10.0 Å². The van der Waals surface area contributed by atoms with Crippen molar-refractivity contribution in [1.82, 2.24) is 0 Å². The first kappa shape index (κ1) is 40.7. The van der Waals surface area contributed by atoms with Crippen LogP contribution >= 0.6 is 23.2 Å². The van der Waals surface area contributed by atoms with Crippen molar-refractivity contribution in [2.75, 3.05) is 26.4 Å². The topological polar surface area (TPSA) is 74.0 Å². The van der Waals surface area contributed by atoms with Gasteiger partial charge in [-0.3, -0.25) is 15.0 Å². The molecule has 0 aliphatic rings. The van der Waals surface area contributed by atoms with Gasteiger partial charge in [-0.05, 0) is 170 Å². The van der Waals surface area contributed by atoms with Crippen molar-refractivity contribution >= 4 is 58.9 Å². The Bertz CT molecular complexity index is 2210. The minimum atomic E-state index is -0.308. The summed E-state index contributed by atoms with van der Waals surface area (Å²) >= 11 is 11.9. The highest BCUT2D eigenvalue weighted by molar-refractivity contribution is 6.30. The molecule has 0 heterocycles. The second-order valence-electron chi connectivity index (χ2n) is 12.8. The van der Waals surface area contributed by atoms with E-state index in [1.54, 1.807) is 18.3 Å². The summed E-state index contributed by atoms with van der Waals surface area (Å²) in [7, 11) is 0. The molecule has 0 bridgehead atoms. The molecule has 6 aromatic rings. The Balaban J connectivity index is 0.929. The second kappa shape index (κ2) is 22.0. The average Bonchev–Trinajstić information content (AvgIpc) is 3.24. The summed E-state index contributed by atoms with van der Waals surface area (Å²) in [5.74, 6) is 2.64. The van der Waals surface area contributed by atoms with E-state index in [9.17, 15) is 4.39 Å². The molecule has 6 aromatic carbocycles. The van der Waals surface area contributed by atoms with Crippen LogP contribution < -0.4 is 18.9 Å². The summed E-state index contributed by atoms with van der Waals surface area (Å²) < 4.78 is 37.6. The number of hydrogen-bond acceptors (Lipinski definition) is 7. The van der Waals surface area contributed by atoms with E-state index >= 15 is 0 Å². The van der Waals surface area contributed by atoms with Crippen molar-refractivity contribution in [3.05, 3.63) is 172 Å². The molecule has 290 valence electrons. The van der Waals surface area contributed by atoms with Crippen molar-refractivity contribution in [2.45, 2.75) is 25.7 Å². The Morgan fingerprint density at radius 3 is 1.28 bits per heavy atom. The van der Waals surface area contributed by atoms with Gasteiger partial charge in [0.25, 0.3) is 0 Å². The third-order valence-electron chi connectivity index (χ3n) is 8.44. The van der Waals surface area contributed by atoms with Crippen LogP contribution in [0.4, 0.5) is 21.5 Å². The van der Waals surface area contributed by atoms with Gasteiger partial charge in [-0.2, -0.15) is 0 Å². The van der Waals surface area contributed by atoms with E-state index in [0.717, 1.165) is 65.2 Å². The zero-order chi connectivity index (χ0) is 39.5. The maximum Gasteiger partial charge on any atom is 0.131 e. The van der Waals surface area contributed by atoms with Crippen LogP contribution in [0.5, 0.6) is 23.0 Å². The molecule has 10 heteroatoms. The van der Waals surface area contributed by atoms with Crippen LogP contribution in [-0.4, -0.2) is 45.1 Å². The van der Waals surface area contributed by atoms with Gasteiger partial charge < -0.3 is 18.9 Å². The molecule has 0 fully saturated rings. The van der Waals surface area contributed by atoms with Gasteiger partial charge in [-0.1, -0.05) is 23.2 Å². The van der Waals surface area contributed by atoms with E-state index in [4.69, 9.17) is 42.1 Å². The van der Waals surface area contributed by atoms with E-state index in [2.05, 4.69) is 15.0 Å². The van der Waals surface area contributed by atoms with Gasteiger partial charge in [0.1, 0.15) is 28.8 Å². The highest BCUT2D eigenvalue weighted by Crippen LogP contribution is 2.26. The molecule has 0 aliphatic heterocycles. The lowest BCUT2D eigenvalue weighted by Gasteiger charge is -2.13. The van der Waals surface area contributed by atoms with Gasteiger partial charge in [-0.15, -0.1) is 0 Å². The lowest BCUT2D eigenvalue weighted by atomic mass is 10.2. The average molecular weight is 803 g/mol. The quantitative estimate of drug-likeness (QED) is 0.0569. The monoisotopic (exact) mass is 801 g/mol. The number of ether oxygens (including phenoxy) is 4. The summed E-state index contributed by atoms with van der Waals surface area (Å²) in [6.45, 7) is 2.14. The molecule has 57 heavy (non-hydrogen) atoms. The lowest BCUT2D eigenvalue weighted by molar-refractivity contribution is 0.259. The minimum Gasteiger partial charge on any atom is -0.494 e. The second-order valence-corrected chi connectivity index (χ2v) is 13.7. The van der Waals surface area contributed by atoms with Gasteiger partial charge in [-0.25, -0.2) is 4.39 Å². The molecule has 0 amide bonds. The van der Waals surface area contributed by atoms with Crippen LogP contribution in [0.25, 0.3) is 0 Å². The minimum absolute atomic E-state index is 0.308. The van der Waals surface area contributed by atoms with E-state index in [-0.39, 0.29) is 5.82 Å². The summed E-state index contributed by atoms with van der Waals surface area (Å²) in [6.07, 6.45) is 8.57. The fraction of sp³-hybridized carbons (Fsp3) is 0.170. The molecule has 6 rings (SSSR count). The molecule has 0 spiro atoms. The number of nitrogens with zero attached hydrogens (tertiary/aromatic N) is 3. The first-order valence-electron chi connectivity index (χ1n) is 18.7. The molecular formula is C47H42Cl2FN3O4. The van der Waals surface area contributed by atoms with E-state index in [1.165, 1.54) is 12.1 Å². The fourth-order valence-electron chi connectivity index (χ4n) is 5.32. The molecule has 0 unspecified atom stereocenters. The summed E-state index contributed by atoms with van der Waals surface area (Å²) in [5.41, 5.74) is 5.06. The van der Waals surface area contributed by atoms with Gasteiger partial charge in [0, 0.05) is 40.3 Å². The summed E-state index contributed by atoms with van der Waals surface area (Å²) in [6, 6.07) is 42.1. The Morgan fingerprint density at radius 2 is 0.807 bits per heavy atom. The van der Waals surface area contributed by atoms with Crippen molar-refractivity contribution in [1.29, 1.82) is 0 Å². The molecule has 0 N–H and O–H groups in total. The Morgan fingerprint density at radius 1 is 0.421 bits per heavy atom. The third kappa shape index (κ3) is 14.2. The first-order chi connectivity index (χ1) is 27.9. The normalized spacial score (nSPS) is 11.4. The Hall–Kier alpha value is -5.96. The number of halogens is 3. The van der Waals surface area contributed by atoms with Crippen LogP contribution in [0.15, 0.2) is 155 Å². The predicted molar refractivity (Wildman–Crippen MR) is 231 cm³/mol. The maximum absolute atomic E-state index is 13.4. The molecule has 0 aliphatic carbocycles. The highest BCUT2D eigenvalue weighted by Gasteiger charge is 2.07. The highest BCUT2D eigenvalue weighted by atomic mass is 35.5. The zero-order valence-corrected chi connectivity index (χ0v) is 32.8. The number of benzene rings is 6. The van der Waals surface area contributed by atoms with Crippen LogP contribution in [-0.2, 0) is 0 Å². The van der Waals surface area contributed by atoms with E-state index < -0.39 is 0 Å². The third-order valence-corrected chi connectivity index (χ3v) is 8.95. The molecule has 0 aromatic heterocycles. The standard InChI is InChI=1S/C47H42Cl2FN3O4/c48-38-10-16-41(17-11-38)51-32-35-5-22-44(23-6-35)54-27-1-2-29-56-46-26-9-37(34-53-43-20-14-40(50)15-21-43)47(31-46)57-30-4-3-28-55-45-24-7-36(8-25-45)33-52-42-18-12-39(49)13-19-42/h5-26,31-34H,1-4,27-30H2. The Labute approximate surface area is 343 Å².